The minimum Gasteiger partial charge on any atom is -0.306 e. The SMILES string of the molecule is CCNC(c1cc(C)c(F)cc1F)c1cc(Cl)ccc1Cl. The number of benzene rings is 2. The van der Waals surface area contributed by atoms with Gasteiger partial charge in [0.15, 0.2) is 0 Å². The molecule has 2 rings (SSSR count). The molecule has 1 unspecified atom stereocenters. The van der Waals surface area contributed by atoms with Crippen LogP contribution < -0.4 is 5.32 Å². The molecule has 0 saturated heterocycles. The highest BCUT2D eigenvalue weighted by atomic mass is 35.5. The molecule has 1 atom stereocenters. The van der Waals surface area contributed by atoms with Crippen LogP contribution in [-0.4, -0.2) is 6.54 Å². The Kier molecular flexibility index (Phi) is 5.20. The number of aryl methyl sites for hydroxylation is 1. The molecular weight excluding hydrogens is 315 g/mol. The first-order valence-corrected chi connectivity index (χ1v) is 7.33. The Morgan fingerprint density at radius 3 is 2.43 bits per heavy atom. The van der Waals surface area contributed by atoms with Crippen molar-refractivity contribution < 1.29 is 8.78 Å². The average Bonchev–Trinajstić information content (AvgIpc) is 2.43. The average molecular weight is 330 g/mol. The topological polar surface area (TPSA) is 12.0 Å². The summed E-state index contributed by atoms with van der Waals surface area (Å²) in [5, 5.41) is 4.15. The lowest BCUT2D eigenvalue weighted by atomic mass is 9.96. The predicted molar refractivity (Wildman–Crippen MR) is 83.1 cm³/mol. The van der Waals surface area contributed by atoms with Gasteiger partial charge in [-0.1, -0.05) is 30.1 Å². The zero-order valence-corrected chi connectivity index (χ0v) is 13.2. The lowest BCUT2D eigenvalue weighted by molar-refractivity contribution is 0.537. The largest absolute Gasteiger partial charge is 0.306 e. The molecular formula is C16H15Cl2F2N. The second kappa shape index (κ2) is 6.73. The molecule has 0 fully saturated rings. The van der Waals surface area contributed by atoms with Crippen molar-refractivity contribution in [1.82, 2.24) is 5.32 Å². The van der Waals surface area contributed by atoms with E-state index in [1.165, 1.54) is 6.07 Å². The van der Waals surface area contributed by atoms with E-state index >= 15 is 0 Å². The van der Waals surface area contributed by atoms with Crippen LogP contribution in [0, 0.1) is 18.6 Å². The molecule has 0 amide bonds. The first kappa shape index (κ1) is 16.2. The summed E-state index contributed by atoms with van der Waals surface area (Å²) < 4.78 is 27.6. The molecule has 0 radical (unpaired) electrons. The predicted octanol–water partition coefficient (Wildman–Crippen LogP) is 5.28. The van der Waals surface area contributed by atoms with E-state index in [-0.39, 0.29) is 0 Å². The van der Waals surface area contributed by atoms with Crippen LogP contribution in [0.15, 0.2) is 30.3 Å². The van der Waals surface area contributed by atoms with Gasteiger partial charge in [0, 0.05) is 21.7 Å². The van der Waals surface area contributed by atoms with Crippen LogP contribution >= 0.6 is 23.2 Å². The van der Waals surface area contributed by atoms with Crippen molar-refractivity contribution in [3.8, 4) is 0 Å². The third-order valence-electron chi connectivity index (χ3n) is 3.27. The van der Waals surface area contributed by atoms with Gasteiger partial charge in [-0.15, -0.1) is 0 Å². The van der Waals surface area contributed by atoms with Crippen LogP contribution in [-0.2, 0) is 0 Å². The first-order chi connectivity index (χ1) is 9.93. The second-order valence-corrected chi connectivity index (χ2v) is 5.62. The highest BCUT2D eigenvalue weighted by Crippen LogP contribution is 2.32. The van der Waals surface area contributed by atoms with Crippen LogP contribution in [0.2, 0.25) is 10.0 Å². The van der Waals surface area contributed by atoms with Crippen molar-refractivity contribution in [3.63, 3.8) is 0 Å². The first-order valence-electron chi connectivity index (χ1n) is 6.58. The molecule has 1 N–H and O–H groups in total. The second-order valence-electron chi connectivity index (χ2n) is 4.78. The molecule has 0 aliphatic heterocycles. The number of rotatable bonds is 4. The molecule has 1 nitrogen and oxygen atoms in total. The van der Waals surface area contributed by atoms with E-state index in [4.69, 9.17) is 23.2 Å². The van der Waals surface area contributed by atoms with Crippen molar-refractivity contribution in [3.05, 3.63) is 68.7 Å². The summed E-state index contributed by atoms with van der Waals surface area (Å²) in [6.45, 7) is 4.10. The summed E-state index contributed by atoms with van der Waals surface area (Å²) in [7, 11) is 0. The van der Waals surface area contributed by atoms with E-state index in [1.807, 2.05) is 6.92 Å². The lowest BCUT2D eigenvalue weighted by Crippen LogP contribution is -2.23. The molecule has 0 aliphatic carbocycles. The van der Waals surface area contributed by atoms with Crippen LogP contribution in [0.25, 0.3) is 0 Å². The third-order valence-corrected chi connectivity index (χ3v) is 3.85. The molecule has 0 saturated carbocycles. The molecule has 0 aliphatic rings. The van der Waals surface area contributed by atoms with Gasteiger partial charge in [0.1, 0.15) is 11.6 Å². The maximum Gasteiger partial charge on any atom is 0.131 e. The van der Waals surface area contributed by atoms with E-state index in [2.05, 4.69) is 5.32 Å². The van der Waals surface area contributed by atoms with Crippen molar-refractivity contribution >= 4 is 23.2 Å². The summed E-state index contributed by atoms with van der Waals surface area (Å²) in [4.78, 5) is 0. The number of hydrogen-bond donors (Lipinski definition) is 1. The molecule has 2 aromatic carbocycles. The molecule has 5 heteroatoms. The van der Waals surface area contributed by atoms with Gasteiger partial charge < -0.3 is 5.32 Å². The standard InChI is InChI=1S/C16H15Cl2F2N/c1-3-21-16(11-7-10(17)4-5-13(11)18)12-6-9(2)14(19)8-15(12)20/h4-8,16,21H,3H2,1-2H3. The smallest absolute Gasteiger partial charge is 0.131 e. The molecule has 0 spiro atoms. The number of nitrogens with one attached hydrogen (secondary N) is 1. The number of hydrogen-bond acceptors (Lipinski definition) is 1. The molecule has 0 aromatic heterocycles. The van der Waals surface area contributed by atoms with E-state index in [0.29, 0.717) is 33.3 Å². The Balaban J connectivity index is 2.58. The van der Waals surface area contributed by atoms with Gasteiger partial charge in [-0.25, -0.2) is 8.78 Å². The van der Waals surface area contributed by atoms with E-state index in [0.717, 1.165) is 6.07 Å². The van der Waals surface area contributed by atoms with Crippen LogP contribution in [0.3, 0.4) is 0 Å². The van der Waals surface area contributed by atoms with Gasteiger partial charge in [0.05, 0.1) is 6.04 Å². The lowest BCUT2D eigenvalue weighted by Gasteiger charge is -2.21. The zero-order valence-electron chi connectivity index (χ0n) is 11.7. The van der Waals surface area contributed by atoms with Crippen LogP contribution in [0.5, 0.6) is 0 Å². The summed E-state index contributed by atoms with van der Waals surface area (Å²) >= 11 is 12.2. The Labute approximate surface area is 132 Å². The van der Waals surface area contributed by atoms with Crippen LogP contribution in [0.1, 0.15) is 29.7 Å². The molecule has 0 heterocycles. The summed E-state index contributed by atoms with van der Waals surface area (Å²) in [5.41, 5.74) is 1.39. The Bertz CT molecular complexity index is 659. The fourth-order valence-electron chi connectivity index (χ4n) is 2.23. The fraction of sp³-hybridized carbons (Fsp3) is 0.250. The molecule has 2 aromatic rings. The normalized spacial score (nSPS) is 12.5. The van der Waals surface area contributed by atoms with E-state index in [1.54, 1.807) is 25.1 Å². The quantitative estimate of drug-likeness (QED) is 0.804. The highest BCUT2D eigenvalue weighted by Gasteiger charge is 2.21. The van der Waals surface area contributed by atoms with E-state index in [9.17, 15) is 8.78 Å². The number of halogens is 4. The third kappa shape index (κ3) is 3.54. The molecule has 112 valence electrons. The summed E-state index contributed by atoms with van der Waals surface area (Å²) in [6.07, 6.45) is 0. The zero-order chi connectivity index (χ0) is 15.6. The van der Waals surface area contributed by atoms with Gasteiger partial charge in [-0.05, 0) is 48.9 Å². The van der Waals surface area contributed by atoms with Crippen molar-refractivity contribution in [1.29, 1.82) is 0 Å². The van der Waals surface area contributed by atoms with E-state index < -0.39 is 17.7 Å². The highest BCUT2D eigenvalue weighted by molar-refractivity contribution is 6.33. The van der Waals surface area contributed by atoms with Crippen molar-refractivity contribution in [2.24, 2.45) is 0 Å². The maximum atomic E-state index is 14.2. The summed E-state index contributed by atoms with van der Waals surface area (Å²) in [6, 6.07) is 6.93. The summed E-state index contributed by atoms with van der Waals surface area (Å²) in [5.74, 6) is -1.18. The monoisotopic (exact) mass is 329 g/mol. The van der Waals surface area contributed by atoms with Crippen molar-refractivity contribution in [2.75, 3.05) is 6.54 Å². The van der Waals surface area contributed by atoms with Gasteiger partial charge >= 0.3 is 0 Å². The molecule has 21 heavy (non-hydrogen) atoms. The fourth-order valence-corrected chi connectivity index (χ4v) is 2.64. The van der Waals surface area contributed by atoms with Gasteiger partial charge in [0.25, 0.3) is 0 Å². The minimum absolute atomic E-state index is 0.347. The van der Waals surface area contributed by atoms with Crippen molar-refractivity contribution in [2.45, 2.75) is 19.9 Å². The Morgan fingerprint density at radius 1 is 1.05 bits per heavy atom. The Hall–Kier alpha value is -1.16. The van der Waals surface area contributed by atoms with Gasteiger partial charge in [-0.2, -0.15) is 0 Å². The van der Waals surface area contributed by atoms with Gasteiger partial charge in [-0.3, -0.25) is 0 Å². The maximum absolute atomic E-state index is 14.2. The van der Waals surface area contributed by atoms with Gasteiger partial charge in [0.2, 0.25) is 0 Å². The Morgan fingerprint density at radius 2 is 1.76 bits per heavy atom. The molecule has 0 bridgehead atoms. The minimum atomic E-state index is -0.611. The van der Waals surface area contributed by atoms with Crippen LogP contribution in [0.4, 0.5) is 8.78 Å².